The Balaban J connectivity index is 2.35. The van der Waals surface area contributed by atoms with Crippen molar-refractivity contribution in [1.29, 1.82) is 0 Å². The molecule has 0 saturated carbocycles. The SMILES string of the molecule is CC(C)NC(C)(COCC1CCOC1)C(=O)O. The van der Waals surface area contributed by atoms with Gasteiger partial charge in [0.15, 0.2) is 0 Å². The van der Waals surface area contributed by atoms with E-state index < -0.39 is 11.5 Å². The summed E-state index contributed by atoms with van der Waals surface area (Å²) in [5.74, 6) is -0.471. The van der Waals surface area contributed by atoms with Crippen LogP contribution in [0.2, 0.25) is 0 Å². The molecule has 1 aliphatic heterocycles. The topological polar surface area (TPSA) is 67.8 Å². The van der Waals surface area contributed by atoms with Gasteiger partial charge in [-0.25, -0.2) is 0 Å². The summed E-state index contributed by atoms with van der Waals surface area (Å²) >= 11 is 0. The molecule has 1 heterocycles. The zero-order chi connectivity index (χ0) is 12.9. The molecule has 1 rings (SSSR count). The summed E-state index contributed by atoms with van der Waals surface area (Å²) in [5, 5.41) is 12.2. The first-order valence-electron chi connectivity index (χ1n) is 6.10. The Morgan fingerprint density at radius 2 is 2.35 bits per heavy atom. The third kappa shape index (κ3) is 4.61. The van der Waals surface area contributed by atoms with Crippen LogP contribution in [0, 0.1) is 5.92 Å². The minimum atomic E-state index is -1.02. The summed E-state index contributed by atoms with van der Waals surface area (Å²) in [6.07, 6.45) is 1.00. The molecule has 0 aromatic heterocycles. The first-order chi connectivity index (χ1) is 7.94. The molecule has 0 aromatic carbocycles. The fourth-order valence-electron chi connectivity index (χ4n) is 1.95. The van der Waals surface area contributed by atoms with Crippen LogP contribution in [0.15, 0.2) is 0 Å². The maximum absolute atomic E-state index is 11.2. The second kappa shape index (κ2) is 6.33. The van der Waals surface area contributed by atoms with Crippen molar-refractivity contribution in [3.63, 3.8) is 0 Å². The van der Waals surface area contributed by atoms with Gasteiger partial charge in [0, 0.05) is 18.6 Å². The molecule has 2 atom stereocenters. The van der Waals surface area contributed by atoms with Gasteiger partial charge in [0.25, 0.3) is 0 Å². The van der Waals surface area contributed by atoms with E-state index in [2.05, 4.69) is 5.32 Å². The van der Waals surface area contributed by atoms with E-state index in [0.717, 1.165) is 19.6 Å². The number of hydrogen-bond donors (Lipinski definition) is 2. The van der Waals surface area contributed by atoms with Gasteiger partial charge in [-0.2, -0.15) is 0 Å². The van der Waals surface area contributed by atoms with Crippen LogP contribution >= 0.6 is 0 Å². The summed E-state index contributed by atoms with van der Waals surface area (Å²) < 4.78 is 10.8. The molecular weight excluding hydrogens is 222 g/mol. The van der Waals surface area contributed by atoms with Gasteiger partial charge >= 0.3 is 5.97 Å². The highest BCUT2D eigenvalue weighted by molar-refractivity contribution is 5.78. The lowest BCUT2D eigenvalue weighted by Gasteiger charge is -2.28. The van der Waals surface area contributed by atoms with E-state index in [-0.39, 0.29) is 12.6 Å². The molecular formula is C12H23NO4. The molecule has 5 nitrogen and oxygen atoms in total. The normalized spacial score (nSPS) is 23.9. The highest BCUT2D eigenvalue weighted by atomic mass is 16.5. The molecule has 1 aliphatic rings. The first-order valence-corrected chi connectivity index (χ1v) is 6.10. The maximum atomic E-state index is 11.2. The fourth-order valence-corrected chi connectivity index (χ4v) is 1.95. The quantitative estimate of drug-likeness (QED) is 0.697. The van der Waals surface area contributed by atoms with E-state index in [0.29, 0.717) is 12.5 Å². The van der Waals surface area contributed by atoms with Crippen molar-refractivity contribution in [2.75, 3.05) is 26.4 Å². The Bertz CT molecular complexity index is 251. The predicted molar refractivity (Wildman–Crippen MR) is 64.1 cm³/mol. The van der Waals surface area contributed by atoms with Crippen molar-refractivity contribution >= 4 is 5.97 Å². The lowest BCUT2D eigenvalue weighted by molar-refractivity contribution is -0.147. The van der Waals surface area contributed by atoms with Crippen molar-refractivity contribution in [3.8, 4) is 0 Å². The van der Waals surface area contributed by atoms with Crippen LogP contribution in [0.1, 0.15) is 27.2 Å². The Morgan fingerprint density at radius 1 is 1.65 bits per heavy atom. The summed E-state index contributed by atoms with van der Waals surface area (Å²) in [5.41, 5.74) is -1.02. The van der Waals surface area contributed by atoms with Gasteiger partial charge in [0.2, 0.25) is 0 Å². The van der Waals surface area contributed by atoms with E-state index in [4.69, 9.17) is 9.47 Å². The van der Waals surface area contributed by atoms with E-state index in [1.54, 1.807) is 6.92 Å². The second-order valence-corrected chi connectivity index (χ2v) is 5.18. The summed E-state index contributed by atoms with van der Waals surface area (Å²) in [7, 11) is 0. The van der Waals surface area contributed by atoms with Gasteiger partial charge < -0.3 is 14.6 Å². The van der Waals surface area contributed by atoms with Crippen molar-refractivity contribution in [3.05, 3.63) is 0 Å². The number of carboxylic acid groups (broad SMARTS) is 1. The first kappa shape index (κ1) is 14.4. The van der Waals surface area contributed by atoms with Crippen LogP contribution in [0.25, 0.3) is 0 Å². The molecule has 0 amide bonds. The number of ether oxygens (including phenoxy) is 2. The van der Waals surface area contributed by atoms with Crippen LogP contribution in [0.5, 0.6) is 0 Å². The van der Waals surface area contributed by atoms with Gasteiger partial charge in [-0.3, -0.25) is 10.1 Å². The third-order valence-electron chi connectivity index (χ3n) is 2.85. The zero-order valence-corrected chi connectivity index (χ0v) is 10.9. The second-order valence-electron chi connectivity index (χ2n) is 5.18. The average Bonchev–Trinajstić information content (AvgIpc) is 2.69. The predicted octanol–water partition coefficient (Wildman–Crippen LogP) is 0.881. The molecule has 1 fully saturated rings. The van der Waals surface area contributed by atoms with E-state index >= 15 is 0 Å². The lowest BCUT2D eigenvalue weighted by atomic mass is 10.0. The smallest absolute Gasteiger partial charge is 0.326 e. The van der Waals surface area contributed by atoms with E-state index in [9.17, 15) is 9.90 Å². The summed E-state index contributed by atoms with van der Waals surface area (Å²) in [4.78, 5) is 11.2. The van der Waals surface area contributed by atoms with Gasteiger partial charge in [-0.1, -0.05) is 0 Å². The monoisotopic (exact) mass is 245 g/mol. The molecule has 0 aromatic rings. The molecule has 2 unspecified atom stereocenters. The molecule has 2 N–H and O–H groups in total. The maximum Gasteiger partial charge on any atom is 0.326 e. The largest absolute Gasteiger partial charge is 0.480 e. The molecule has 0 spiro atoms. The number of nitrogens with one attached hydrogen (secondary N) is 1. The minimum Gasteiger partial charge on any atom is -0.480 e. The Labute approximate surface area is 102 Å². The molecule has 1 saturated heterocycles. The van der Waals surface area contributed by atoms with Crippen LogP contribution in [-0.2, 0) is 14.3 Å². The van der Waals surface area contributed by atoms with Crippen molar-refractivity contribution < 1.29 is 19.4 Å². The van der Waals surface area contributed by atoms with Crippen molar-refractivity contribution in [2.24, 2.45) is 5.92 Å². The standard InChI is InChI=1S/C12H23NO4/c1-9(2)13-12(3,11(14)15)8-17-7-10-4-5-16-6-10/h9-10,13H,4-8H2,1-3H3,(H,14,15). The van der Waals surface area contributed by atoms with Crippen LogP contribution in [0.3, 0.4) is 0 Å². The van der Waals surface area contributed by atoms with E-state index in [1.165, 1.54) is 0 Å². The Kier molecular flexibility index (Phi) is 5.36. The number of carbonyl (C=O) groups is 1. The van der Waals surface area contributed by atoms with Gasteiger partial charge in [-0.15, -0.1) is 0 Å². The Hall–Kier alpha value is -0.650. The summed E-state index contributed by atoms with van der Waals surface area (Å²) in [6.45, 7) is 7.76. The van der Waals surface area contributed by atoms with Crippen LogP contribution in [-0.4, -0.2) is 49.1 Å². The molecule has 0 aliphatic carbocycles. The number of rotatable bonds is 7. The lowest BCUT2D eigenvalue weighted by Crippen LogP contribution is -2.55. The average molecular weight is 245 g/mol. The van der Waals surface area contributed by atoms with E-state index in [1.807, 2.05) is 13.8 Å². The highest BCUT2D eigenvalue weighted by Crippen LogP contribution is 2.14. The number of carboxylic acids is 1. The van der Waals surface area contributed by atoms with Gasteiger partial charge in [-0.05, 0) is 27.2 Å². The molecule has 17 heavy (non-hydrogen) atoms. The van der Waals surface area contributed by atoms with Crippen LogP contribution in [0.4, 0.5) is 0 Å². The summed E-state index contributed by atoms with van der Waals surface area (Å²) in [6, 6.07) is 0.106. The highest BCUT2D eigenvalue weighted by Gasteiger charge is 2.34. The molecule has 0 bridgehead atoms. The zero-order valence-electron chi connectivity index (χ0n) is 10.9. The molecule has 100 valence electrons. The van der Waals surface area contributed by atoms with Crippen LogP contribution < -0.4 is 5.32 Å². The Morgan fingerprint density at radius 3 is 2.82 bits per heavy atom. The number of hydrogen-bond acceptors (Lipinski definition) is 4. The molecule has 5 heteroatoms. The van der Waals surface area contributed by atoms with Crippen molar-refractivity contribution in [1.82, 2.24) is 5.32 Å². The van der Waals surface area contributed by atoms with Crippen molar-refractivity contribution in [2.45, 2.75) is 38.8 Å². The molecule has 0 radical (unpaired) electrons. The third-order valence-corrected chi connectivity index (χ3v) is 2.85. The van der Waals surface area contributed by atoms with Gasteiger partial charge in [0.05, 0.1) is 19.8 Å². The minimum absolute atomic E-state index is 0.106. The number of aliphatic carboxylic acids is 1. The van der Waals surface area contributed by atoms with Gasteiger partial charge in [0.1, 0.15) is 5.54 Å². The fraction of sp³-hybridized carbons (Fsp3) is 0.917.